The van der Waals surface area contributed by atoms with Crippen molar-refractivity contribution >= 4 is 18.0 Å². The summed E-state index contributed by atoms with van der Waals surface area (Å²) in [5.41, 5.74) is -0.457. The molecule has 9 nitrogen and oxygen atoms in total. The maximum absolute atomic E-state index is 12.2. The first-order chi connectivity index (χ1) is 13.3. The van der Waals surface area contributed by atoms with Crippen LogP contribution in [0.2, 0.25) is 0 Å². The smallest absolute Gasteiger partial charge is 0.410 e. The van der Waals surface area contributed by atoms with Crippen molar-refractivity contribution < 1.29 is 9.53 Å². The van der Waals surface area contributed by atoms with Crippen LogP contribution in [0.3, 0.4) is 0 Å². The van der Waals surface area contributed by atoms with Gasteiger partial charge >= 0.3 is 6.09 Å². The van der Waals surface area contributed by atoms with Crippen LogP contribution < -0.4 is 10.6 Å². The molecule has 2 aliphatic rings. The van der Waals surface area contributed by atoms with E-state index in [-0.39, 0.29) is 12.1 Å². The summed E-state index contributed by atoms with van der Waals surface area (Å²) in [4.78, 5) is 20.9. The highest BCUT2D eigenvalue weighted by Crippen LogP contribution is 2.19. The van der Waals surface area contributed by atoms with Gasteiger partial charge in [-0.3, -0.25) is 0 Å². The Morgan fingerprint density at radius 2 is 1.71 bits per heavy atom. The fourth-order valence-corrected chi connectivity index (χ4v) is 3.69. The van der Waals surface area contributed by atoms with Crippen LogP contribution in [0.15, 0.2) is 0 Å². The van der Waals surface area contributed by atoms with E-state index in [1.165, 1.54) is 0 Å². The Morgan fingerprint density at radius 1 is 1.11 bits per heavy atom. The molecule has 1 aromatic rings. The Morgan fingerprint density at radius 3 is 2.32 bits per heavy atom. The van der Waals surface area contributed by atoms with Crippen molar-refractivity contribution in [3.8, 4) is 0 Å². The minimum atomic E-state index is -0.457. The number of hydrogen-bond donors (Lipinski definition) is 3. The number of carbonyl (C=O) groups is 1. The molecular formula is C19H35N7O2. The number of rotatable bonds is 5. The quantitative estimate of drug-likeness (QED) is 0.707. The molecule has 3 N–H and O–H groups in total. The third kappa shape index (κ3) is 5.98. The van der Waals surface area contributed by atoms with Crippen LogP contribution in [0.1, 0.15) is 53.4 Å². The van der Waals surface area contributed by atoms with Gasteiger partial charge in [0.15, 0.2) is 0 Å². The van der Waals surface area contributed by atoms with E-state index in [4.69, 9.17) is 4.74 Å². The molecule has 0 aromatic carbocycles. The Bertz CT molecular complexity index is 626. The number of aromatic nitrogens is 3. The van der Waals surface area contributed by atoms with Crippen LogP contribution in [-0.4, -0.2) is 81.5 Å². The van der Waals surface area contributed by atoms with Gasteiger partial charge in [-0.05, 0) is 53.0 Å². The highest BCUT2D eigenvalue weighted by molar-refractivity contribution is 5.68. The zero-order valence-electron chi connectivity index (χ0n) is 17.6. The lowest BCUT2D eigenvalue weighted by molar-refractivity contribution is 0.0210. The van der Waals surface area contributed by atoms with Crippen LogP contribution in [-0.2, 0) is 4.74 Å². The molecule has 158 valence electrons. The molecule has 0 saturated carbocycles. The molecule has 3 heterocycles. The van der Waals surface area contributed by atoms with Crippen molar-refractivity contribution in [2.45, 2.75) is 71.1 Å². The highest BCUT2D eigenvalue weighted by Gasteiger charge is 2.27. The summed E-state index contributed by atoms with van der Waals surface area (Å²) in [6, 6.07) is 0.704. The average Bonchev–Trinajstić information content (AvgIpc) is 3.08. The molecule has 9 heteroatoms. The molecule has 0 aliphatic carbocycles. The average molecular weight is 394 g/mol. The second kappa shape index (κ2) is 8.98. The van der Waals surface area contributed by atoms with Crippen LogP contribution in [0.4, 0.5) is 16.7 Å². The van der Waals surface area contributed by atoms with Crippen LogP contribution in [0, 0.1) is 0 Å². The van der Waals surface area contributed by atoms with E-state index in [0.29, 0.717) is 25.1 Å². The van der Waals surface area contributed by atoms with Crippen LogP contribution in [0.5, 0.6) is 0 Å². The third-order valence-corrected chi connectivity index (χ3v) is 5.34. The molecule has 2 saturated heterocycles. The largest absolute Gasteiger partial charge is 0.444 e. The van der Waals surface area contributed by atoms with Gasteiger partial charge in [-0.15, -0.1) is 5.10 Å². The lowest BCUT2D eigenvalue weighted by atomic mass is 10.1. The molecule has 0 radical (unpaired) electrons. The maximum Gasteiger partial charge on any atom is 0.410 e. The number of ether oxygens (including phenoxy) is 1. The van der Waals surface area contributed by atoms with E-state index in [2.05, 4.69) is 37.6 Å². The molecule has 0 unspecified atom stereocenters. The van der Waals surface area contributed by atoms with E-state index in [1.807, 2.05) is 20.8 Å². The summed E-state index contributed by atoms with van der Waals surface area (Å²) in [5, 5.41) is 14.1. The van der Waals surface area contributed by atoms with Gasteiger partial charge in [0.2, 0.25) is 11.9 Å². The highest BCUT2D eigenvalue weighted by atomic mass is 16.6. The van der Waals surface area contributed by atoms with Gasteiger partial charge in [0, 0.05) is 38.3 Å². The standard InChI is InChI=1S/C19H35N7O2/c1-5-25-10-6-14(7-11-25)20-16-22-17(24-23-16)21-15-8-12-26(13-9-15)18(27)28-19(2,3)4/h14-15H,5-13H2,1-4H3,(H3,20,21,22,23,24). The first kappa shape index (κ1) is 20.7. The Balaban J connectivity index is 1.41. The minimum absolute atomic E-state index is 0.232. The number of nitrogens with zero attached hydrogens (tertiary/aromatic N) is 4. The third-order valence-electron chi connectivity index (χ3n) is 5.34. The first-order valence-electron chi connectivity index (χ1n) is 10.5. The van der Waals surface area contributed by atoms with E-state index >= 15 is 0 Å². The predicted molar refractivity (Wildman–Crippen MR) is 110 cm³/mol. The summed E-state index contributed by atoms with van der Waals surface area (Å²) < 4.78 is 5.45. The molecule has 0 spiro atoms. The zero-order valence-corrected chi connectivity index (χ0v) is 17.6. The summed E-state index contributed by atoms with van der Waals surface area (Å²) >= 11 is 0. The SMILES string of the molecule is CCN1CCC(Nc2nc(NC3CCN(C(=O)OC(C)(C)C)CC3)n[nH]2)CC1. The number of amides is 1. The second-order valence-corrected chi connectivity index (χ2v) is 8.75. The van der Waals surface area contributed by atoms with Crippen molar-refractivity contribution in [2.75, 3.05) is 43.4 Å². The number of aromatic amines is 1. The van der Waals surface area contributed by atoms with E-state index in [0.717, 1.165) is 51.3 Å². The molecular weight excluding hydrogens is 358 g/mol. The lowest BCUT2D eigenvalue weighted by Gasteiger charge is -2.33. The lowest BCUT2D eigenvalue weighted by Crippen LogP contribution is -2.44. The van der Waals surface area contributed by atoms with Gasteiger partial charge in [-0.1, -0.05) is 6.92 Å². The summed E-state index contributed by atoms with van der Waals surface area (Å²) in [5.74, 6) is 1.34. The molecule has 2 fully saturated rings. The maximum atomic E-state index is 12.2. The second-order valence-electron chi connectivity index (χ2n) is 8.75. The zero-order chi connectivity index (χ0) is 20.1. The van der Waals surface area contributed by atoms with Gasteiger partial charge in [0.05, 0.1) is 0 Å². The van der Waals surface area contributed by atoms with Crippen LogP contribution in [0.25, 0.3) is 0 Å². The first-order valence-corrected chi connectivity index (χ1v) is 10.5. The molecule has 3 rings (SSSR count). The fraction of sp³-hybridized carbons (Fsp3) is 0.842. The van der Waals surface area contributed by atoms with Gasteiger partial charge in [0.25, 0.3) is 0 Å². The number of anilines is 2. The predicted octanol–water partition coefficient (Wildman–Crippen LogP) is 2.51. The van der Waals surface area contributed by atoms with Crippen molar-refractivity contribution in [3.63, 3.8) is 0 Å². The topological polar surface area (TPSA) is 98.4 Å². The van der Waals surface area contributed by atoms with E-state index < -0.39 is 5.60 Å². The monoisotopic (exact) mass is 393 g/mol. The number of H-pyrrole nitrogens is 1. The normalized spacial score (nSPS) is 20.2. The number of hydrogen-bond acceptors (Lipinski definition) is 7. The van der Waals surface area contributed by atoms with Gasteiger partial charge in [-0.25, -0.2) is 9.89 Å². The summed E-state index contributed by atoms with van der Waals surface area (Å²) in [7, 11) is 0. The van der Waals surface area contributed by atoms with Gasteiger partial charge < -0.3 is 25.2 Å². The molecule has 1 aromatic heterocycles. The molecule has 1 amide bonds. The van der Waals surface area contributed by atoms with Gasteiger partial charge in [-0.2, -0.15) is 4.98 Å². The number of nitrogens with one attached hydrogen (secondary N) is 3. The number of carbonyl (C=O) groups excluding carboxylic acids is 1. The van der Waals surface area contributed by atoms with E-state index in [9.17, 15) is 4.79 Å². The van der Waals surface area contributed by atoms with E-state index in [1.54, 1.807) is 4.90 Å². The fourth-order valence-electron chi connectivity index (χ4n) is 3.69. The molecule has 0 bridgehead atoms. The van der Waals surface area contributed by atoms with Crippen LogP contribution >= 0.6 is 0 Å². The molecule has 0 atom stereocenters. The Labute approximate surface area is 167 Å². The number of piperidine rings is 2. The Kier molecular flexibility index (Phi) is 6.64. The van der Waals surface area contributed by atoms with Crippen molar-refractivity contribution in [1.82, 2.24) is 25.0 Å². The Hall–Kier alpha value is -2.03. The molecule has 2 aliphatic heterocycles. The minimum Gasteiger partial charge on any atom is -0.444 e. The number of likely N-dealkylation sites (tertiary alicyclic amines) is 2. The summed E-state index contributed by atoms with van der Waals surface area (Å²) in [6.45, 7) is 12.6. The summed E-state index contributed by atoms with van der Waals surface area (Å²) in [6.07, 6.45) is 3.73. The van der Waals surface area contributed by atoms with Crippen molar-refractivity contribution in [1.29, 1.82) is 0 Å². The van der Waals surface area contributed by atoms with Crippen molar-refractivity contribution in [3.05, 3.63) is 0 Å². The molecule has 28 heavy (non-hydrogen) atoms. The van der Waals surface area contributed by atoms with Gasteiger partial charge in [0.1, 0.15) is 5.60 Å². The van der Waals surface area contributed by atoms with Crippen molar-refractivity contribution in [2.24, 2.45) is 0 Å².